The molecule has 4 fully saturated rings. The maximum atomic E-state index is 14.0. The number of anilines is 1. The number of benzene rings is 1. The Bertz CT molecular complexity index is 1280. The van der Waals surface area contributed by atoms with Crippen molar-refractivity contribution >= 4 is 29.5 Å². The van der Waals surface area contributed by atoms with Gasteiger partial charge < -0.3 is 20.3 Å². The third kappa shape index (κ3) is 4.52. The molecule has 0 aromatic heterocycles. The van der Waals surface area contributed by atoms with E-state index in [9.17, 15) is 24.4 Å². The number of para-hydroxylation sites is 1. The number of nitrogens with zero attached hydrogens (tertiary/aromatic N) is 3. The van der Waals surface area contributed by atoms with Gasteiger partial charge in [-0.3, -0.25) is 19.3 Å². The molecule has 206 valence electrons. The van der Waals surface area contributed by atoms with E-state index in [1.54, 1.807) is 20.8 Å². The van der Waals surface area contributed by atoms with Crippen molar-refractivity contribution in [2.24, 2.45) is 17.8 Å². The molecule has 10 nitrogen and oxygen atoms in total. The molecule has 39 heavy (non-hydrogen) atoms. The van der Waals surface area contributed by atoms with Gasteiger partial charge >= 0.3 is 6.09 Å². The molecule has 4 amide bonds. The number of hydrogen-bond acceptors (Lipinski definition) is 6. The van der Waals surface area contributed by atoms with Crippen molar-refractivity contribution < 1.29 is 23.9 Å². The first kappa shape index (κ1) is 25.7. The lowest BCUT2D eigenvalue weighted by Crippen LogP contribution is -2.56. The smallest absolute Gasteiger partial charge is 0.410 e. The highest BCUT2D eigenvalue weighted by atomic mass is 16.6. The highest BCUT2D eigenvalue weighted by Gasteiger charge is 2.59. The first-order valence-electron chi connectivity index (χ1n) is 13.9. The van der Waals surface area contributed by atoms with E-state index in [2.05, 4.69) is 16.7 Å². The molecule has 2 aliphatic carbocycles. The van der Waals surface area contributed by atoms with Gasteiger partial charge in [-0.05, 0) is 63.0 Å². The molecule has 2 saturated carbocycles. The van der Waals surface area contributed by atoms with Crippen LogP contribution in [0.15, 0.2) is 24.3 Å². The summed E-state index contributed by atoms with van der Waals surface area (Å²) >= 11 is 0. The van der Waals surface area contributed by atoms with Crippen molar-refractivity contribution in [1.82, 2.24) is 15.1 Å². The minimum Gasteiger partial charge on any atom is -0.444 e. The predicted octanol–water partition coefficient (Wildman–Crippen LogP) is 2.54. The summed E-state index contributed by atoms with van der Waals surface area (Å²) in [5, 5.41) is 15.9. The number of amides is 4. The molecule has 2 saturated heterocycles. The number of nitriles is 1. The van der Waals surface area contributed by atoms with Crippen molar-refractivity contribution in [1.29, 1.82) is 5.26 Å². The van der Waals surface area contributed by atoms with Crippen LogP contribution < -0.4 is 10.6 Å². The maximum Gasteiger partial charge on any atom is 0.410 e. The van der Waals surface area contributed by atoms with Crippen molar-refractivity contribution in [3.63, 3.8) is 0 Å². The summed E-state index contributed by atoms with van der Waals surface area (Å²) < 4.78 is 5.56. The average Bonchev–Trinajstić information content (AvgIpc) is 3.76. The minimum absolute atomic E-state index is 0.0646. The van der Waals surface area contributed by atoms with E-state index < -0.39 is 35.2 Å². The van der Waals surface area contributed by atoms with Gasteiger partial charge in [0, 0.05) is 25.2 Å². The van der Waals surface area contributed by atoms with Gasteiger partial charge in [0.25, 0.3) is 0 Å². The number of hydrogen-bond donors (Lipinski definition) is 2. The van der Waals surface area contributed by atoms with Crippen LogP contribution in [-0.4, -0.2) is 70.4 Å². The van der Waals surface area contributed by atoms with Crippen LogP contribution >= 0.6 is 0 Å². The fraction of sp³-hybridized carbons (Fsp3) is 0.621. The van der Waals surface area contributed by atoms with Crippen LogP contribution in [0.1, 0.15) is 58.4 Å². The molecule has 3 aliphatic heterocycles. The molecule has 1 spiro atoms. The quantitative estimate of drug-likeness (QED) is 0.598. The first-order chi connectivity index (χ1) is 18.5. The van der Waals surface area contributed by atoms with Gasteiger partial charge in [0.15, 0.2) is 0 Å². The van der Waals surface area contributed by atoms with Crippen molar-refractivity contribution in [2.45, 2.75) is 82.0 Å². The lowest BCUT2D eigenvalue weighted by atomic mass is 9.80. The monoisotopic (exact) mass is 533 g/mol. The molecule has 5 aliphatic rings. The molecule has 0 bridgehead atoms. The molecule has 10 heteroatoms. The van der Waals surface area contributed by atoms with Gasteiger partial charge in [-0.2, -0.15) is 5.26 Å². The zero-order valence-corrected chi connectivity index (χ0v) is 22.6. The summed E-state index contributed by atoms with van der Waals surface area (Å²) in [6.45, 7) is 5.93. The Morgan fingerprint density at radius 1 is 1.23 bits per heavy atom. The van der Waals surface area contributed by atoms with Crippen molar-refractivity contribution in [2.75, 3.05) is 18.4 Å². The van der Waals surface area contributed by atoms with E-state index in [4.69, 9.17) is 4.74 Å². The van der Waals surface area contributed by atoms with Crippen molar-refractivity contribution in [3.05, 3.63) is 29.8 Å². The van der Waals surface area contributed by atoms with Crippen LogP contribution in [0.3, 0.4) is 0 Å². The standard InChI is InChI=1S/C29H35N5O5/c1-28(2,3)39-27(38)33-14-17-11-19(17)23(33)24(35)31-22(10-16-8-9-16)25(36)34-15-29(12-18(34)13-30)20-6-4-5-7-21(20)32-26(29)37/h4-7,16-19,22-23H,8-12,14-15H2,1-3H3,(H,31,35)(H,32,37)/t17?,18-,19?,22-,23?,29-/m0/s1. The summed E-state index contributed by atoms with van der Waals surface area (Å²) in [7, 11) is 0. The number of likely N-dealkylation sites (tertiary alicyclic amines) is 2. The summed E-state index contributed by atoms with van der Waals surface area (Å²) in [5.74, 6) is -0.240. The second-order valence-corrected chi connectivity index (χ2v) is 12.9. The molecule has 1 aromatic carbocycles. The molecule has 0 radical (unpaired) electrons. The third-order valence-corrected chi connectivity index (χ3v) is 8.84. The van der Waals surface area contributed by atoms with E-state index in [1.807, 2.05) is 24.3 Å². The summed E-state index contributed by atoms with van der Waals surface area (Å²) in [4.78, 5) is 56.7. The normalized spacial score (nSPS) is 31.3. The highest BCUT2D eigenvalue weighted by Crippen LogP contribution is 2.50. The van der Waals surface area contributed by atoms with Gasteiger partial charge in [-0.15, -0.1) is 0 Å². The number of fused-ring (bicyclic) bond motifs is 3. The van der Waals surface area contributed by atoms with Gasteiger partial charge in [0.1, 0.15) is 23.7 Å². The highest BCUT2D eigenvalue weighted by molar-refractivity contribution is 6.07. The van der Waals surface area contributed by atoms with Gasteiger partial charge in [0.2, 0.25) is 17.7 Å². The van der Waals surface area contributed by atoms with Crippen LogP contribution in [0.5, 0.6) is 0 Å². The first-order valence-corrected chi connectivity index (χ1v) is 13.9. The topological polar surface area (TPSA) is 132 Å². The predicted molar refractivity (Wildman–Crippen MR) is 140 cm³/mol. The number of carbonyl (C=O) groups excluding carboxylic acids is 4. The van der Waals surface area contributed by atoms with E-state index in [1.165, 1.54) is 9.80 Å². The Kier molecular flexibility index (Phi) is 5.90. The number of carbonyl (C=O) groups is 4. The molecule has 3 heterocycles. The summed E-state index contributed by atoms with van der Waals surface area (Å²) in [6.07, 6.45) is 3.01. The fourth-order valence-electron chi connectivity index (χ4n) is 6.66. The largest absolute Gasteiger partial charge is 0.444 e. The van der Waals surface area contributed by atoms with Crippen LogP contribution in [0.2, 0.25) is 0 Å². The van der Waals surface area contributed by atoms with Crippen LogP contribution in [0.4, 0.5) is 10.5 Å². The lowest BCUT2D eigenvalue weighted by Gasteiger charge is -2.32. The molecule has 1 aromatic rings. The molecule has 2 N–H and O–H groups in total. The van der Waals surface area contributed by atoms with E-state index in [-0.39, 0.29) is 42.5 Å². The van der Waals surface area contributed by atoms with E-state index >= 15 is 0 Å². The maximum absolute atomic E-state index is 14.0. The zero-order valence-electron chi connectivity index (χ0n) is 22.6. The van der Waals surface area contributed by atoms with Crippen LogP contribution in [0, 0.1) is 29.1 Å². The number of nitrogens with one attached hydrogen (secondary N) is 2. The molecular formula is C29H35N5O5. The molecule has 6 atom stereocenters. The number of rotatable bonds is 5. The number of piperidine rings is 1. The Labute approximate surface area is 228 Å². The Morgan fingerprint density at radius 3 is 2.67 bits per heavy atom. The molecule has 3 unspecified atom stereocenters. The van der Waals surface area contributed by atoms with Gasteiger partial charge in [0.05, 0.1) is 11.5 Å². The van der Waals surface area contributed by atoms with Gasteiger partial charge in [-0.1, -0.05) is 31.0 Å². The SMILES string of the molecule is CC(C)(C)OC(=O)N1CC2CC2C1C(=O)N[C@@H](CC1CC1)C(=O)N1C[C@]2(C[C@H]1C#N)C(=O)Nc1ccccc12. The zero-order chi connectivity index (χ0) is 27.7. The Morgan fingerprint density at radius 2 is 1.97 bits per heavy atom. The minimum atomic E-state index is -0.985. The summed E-state index contributed by atoms with van der Waals surface area (Å²) in [5.41, 5.74) is -0.162. The van der Waals surface area contributed by atoms with E-state index in [0.717, 1.165) is 24.8 Å². The van der Waals surface area contributed by atoms with Crippen molar-refractivity contribution in [3.8, 4) is 6.07 Å². The Hall–Kier alpha value is -3.61. The average molecular weight is 534 g/mol. The fourth-order valence-corrected chi connectivity index (χ4v) is 6.66. The van der Waals surface area contributed by atoms with Crippen LogP contribution in [-0.2, 0) is 24.5 Å². The van der Waals surface area contributed by atoms with E-state index in [0.29, 0.717) is 24.6 Å². The van der Waals surface area contributed by atoms with Crippen LogP contribution in [0.25, 0.3) is 0 Å². The number of ether oxygens (including phenoxy) is 1. The second-order valence-electron chi connectivity index (χ2n) is 12.9. The van der Waals surface area contributed by atoms with Gasteiger partial charge in [-0.25, -0.2) is 4.79 Å². The Balaban J connectivity index is 1.22. The second kappa shape index (κ2) is 8.97. The summed E-state index contributed by atoms with van der Waals surface area (Å²) in [6, 6.07) is 7.33. The molecular weight excluding hydrogens is 498 g/mol. The molecule has 6 rings (SSSR count). The third-order valence-electron chi connectivity index (χ3n) is 8.84. The lowest BCUT2D eigenvalue weighted by molar-refractivity contribution is -0.138.